The number of hydrogen-bond acceptors (Lipinski definition) is 8. The van der Waals surface area contributed by atoms with Crippen LogP contribution in [0.25, 0.3) is 0 Å². The molecule has 9 N–H and O–H groups in total. The van der Waals surface area contributed by atoms with Gasteiger partial charge in [-0.3, -0.25) is 10.5 Å². The third-order valence-electron chi connectivity index (χ3n) is 7.38. The number of methoxy groups -OCH3 is 2. The fourth-order valence-electron chi connectivity index (χ4n) is 5.08. The Morgan fingerprint density at radius 3 is 2.52 bits per heavy atom. The Morgan fingerprint density at radius 1 is 1.24 bits per heavy atom. The molecular formula is C31H47N3O8+2. The molecule has 232 valence electrons. The van der Waals surface area contributed by atoms with Gasteiger partial charge in [-0.1, -0.05) is 44.7 Å². The first-order valence-corrected chi connectivity index (χ1v) is 14.0. The van der Waals surface area contributed by atoms with Crippen molar-refractivity contribution in [1.29, 1.82) is 0 Å². The topological polar surface area (TPSA) is 179 Å². The lowest BCUT2D eigenvalue weighted by molar-refractivity contribution is -0.562. The summed E-state index contributed by atoms with van der Waals surface area (Å²) in [6.45, 7) is 11.4. The van der Waals surface area contributed by atoms with Gasteiger partial charge in [0, 0.05) is 31.8 Å². The van der Waals surface area contributed by atoms with Crippen molar-refractivity contribution in [2.24, 2.45) is 11.8 Å². The second-order valence-electron chi connectivity index (χ2n) is 10.8. The Kier molecular flexibility index (Phi) is 13.4. The summed E-state index contributed by atoms with van der Waals surface area (Å²) in [6, 6.07) is 1.32. The number of carbonyl (C=O) groups is 2. The molecule has 0 saturated heterocycles. The number of phenols is 2. The van der Waals surface area contributed by atoms with Gasteiger partial charge in [0.15, 0.2) is 17.5 Å². The number of ether oxygens (including phenoxy) is 3. The van der Waals surface area contributed by atoms with Crippen LogP contribution in [0.3, 0.4) is 0 Å². The van der Waals surface area contributed by atoms with E-state index in [1.54, 1.807) is 43.5 Å². The van der Waals surface area contributed by atoms with Crippen molar-refractivity contribution >= 4 is 23.4 Å². The van der Waals surface area contributed by atoms with E-state index in [1.165, 1.54) is 20.3 Å². The minimum Gasteiger partial charge on any atom is -0.505 e. The SMILES string of the molecule is C=CC[NH2+]c1c(O)cc2c(O)c1CC(C)CC(OC)C(O)C(C)C=C(C)C(OC([NH3+])=O)C(OC)C=CC=C(C)C(=O)N2. The molecule has 2 bridgehead atoms. The van der Waals surface area contributed by atoms with Crippen LogP contribution in [-0.4, -0.2) is 72.5 Å². The number of aromatic hydroxyl groups is 2. The molecule has 1 aliphatic heterocycles. The molecule has 1 heterocycles. The van der Waals surface area contributed by atoms with Crippen molar-refractivity contribution in [3.8, 4) is 11.5 Å². The molecule has 6 unspecified atom stereocenters. The van der Waals surface area contributed by atoms with Crippen molar-refractivity contribution in [1.82, 2.24) is 0 Å². The Morgan fingerprint density at radius 2 is 1.93 bits per heavy atom. The molecule has 1 aromatic carbocycles. The molecule has 11 nitrogen and oxygen atoms in total. The molecule has 1 aliphatic rings. The van der Waals surface area contributed by atoms with Crippen LogP contribution in [0.1, 0.15) is 39.7 Å². The summed E-state index contributed by atoms with van der Waals surface area (Å²) in [7, 11) is 2.99. The molecule has 0 fully saturated rings. The molecule has 11 heteroatoms. The summed E-state index contributed by atoms with van der Waals surface area (Å²) in [5, 5.41) is 37.9. The van der Waals surface area contributed by atoms with Crippen LogP contribution in [0.15, 0.2) is 54.2 Å². The van der Waals surface area contributed by atoms with E-state index in [2.05, 4.69) is 17.6 Å². The number of phenolic OH excluding ortho intramolecular Hbond substituents is 2. The first kappa shape index (κ1) is 34.7. The summed E-state index contributed by atoms with van der Waals surface area (Å²) in [5.41, 5.74) is 5.28. The average molecular weight is 590 g/mol. The van der Waals surface area contributed by atoms with Crippen molar-refractivity contribution < 1.29 is 50.2 Å². The second kappa shape index (κ2) is 16.2. The van der Waals surface area contributed by atoms with Gasteiger partial charge in [0.2, 0.25) is 0 Å². The standard InChI is InChI=1S/C31H45N3O8/c1-8-12-33-26-21-13-17(2)14-25(41-7)27(36)19(4)15-20(5)29(42-31(32)39)24(40-6)11-9-10-18(3)30(38)34-22(28(21)37)16-23(26)35/h8-11,15-17,19,24-25,27,29,33,35-37H,1,12-14H2,2-7H3,(H2,32,39)(H,34,38)/p+2. The van der Waals surface area contributed by atoms with Gasteiger partial charge < -0.3 is 40.2 Å². The van der Waals surface area contributed by atoms with E-state index < -0.39 is 42.3 Å². The first-order valence-electron chi connectivity index (χ1n) is 14.0. The number of aliphatic hydroxyl groups is 1. The zero-order valence-electron chi connectivity index (χ0n) is 25.4. The lowest BCUT2D eigenvalue weighted by Gasteiger charge is -2.29. The highest BCUT2D eigenvalue weighted by atomic mass is 16.6. The fourth-order valence-corrected chi connectivity index (χ4v) is 5.08. The normalized spacial score (nSPS) is 26.1. The van der Waals surface area contributed by atoms with E-state index in [1.807, 2.05) is 19.9 Å². The van der Waals surface area contributed by atoms with Crippen molar-refractivity contribution in [3.05, 3.63) is 59.7 Å². The number of rotatable bonds is 6. The van der Waals surface area contributed by atoms with Crippen molar-refractivity contribution in [2.75, 3.05) is 26.1 Å². The predicted octanol–water partition coefficient (Wildman–Crippen LogP) is 2.22. The van der Waals surface area contributed by atoms with E-state index in [-0.39, 0.29) is 23.1 Å². The molecule has 0 saturated carbocycles. The van der Waals surface area contributed by atoms with E-state index in [9.17, 15) is 24.9 Å². The van der Waals surface area contributed by atoms with Gasteiger partial charge in [-0.25, -0.2) is 0 Å². The van der Waals surface area contributed by atoms with E-state index in [4.69, 9.17) is 14.2 Å². The maximum atomic E-state index is 13.0. The molecule has 2 rings (SSSR count). The number of nitrogens with two attached hydrogens (primary N) is 1. The van der Waals surface area contributed by atoms with Gasteiger partial charge >= 0.3 is 6.09 Å². The van der Waals surface area contributed by atoms with Crippen LogP contribution in [0.4, 0.5) is 16.2 Å². The molecule has 2 amide bonds. The summed E-state index contributed by atoms with van der Waals surface area (Å²) in [6.07, 6.45) is 5.28. The van der Waals surface area contributed by atoms with Gasteiger partial charge in [0.25, 0.3) is 5.91 Å². The number of aliphatic hydroxyl groups excluding tert-OH is 1. The number of allylic oxidation sites excluding steroid dienone is 2. The Labute approximate surface area is 247 Å². The third-order valence-corrected chi connectivity index (χ3v) is 7.38. The fraction of sp³-hybridized carbons (Fsp3) is 0.484. The maximum Gasteiger partial charge on any atom is 0.511 e. The second-order valence-corrected chi connectivity index (χ2v) is 10.8. The van der Waals surface area contributed by atoms with Crippen molar-refractivity contribution in [2.45, 2.75) is 65.0 Å². The van der Waals surface area contributed by atoms with Crippen molar-refractivity contribution in [3.63, 3.8) is 0 Å². The van der Waals surface area contributed by atoms with Crippen LogP contribution in [0.5, 0.6) is 11.5 Å². The first-order chi connectivity index (χ1) is 19.8. The quantitative estimate of drug-likeness (QED) is 0.127. The number of quaternary nitrogens is 2. The average Bonchev–Trinajstić information content (AvgIpc) is 2.94. The number of fused-ring (bicyclic) bond motifs is 2. The van der Waals surface area contributed by atoms with Gasteiger partial charge in [0.05, 0.1) is 30.0 Å². The number of nitrogens with one attached hydrogen (secondary N) is 1. The molecule has 0 aromatic heterocycles. The summed E-state index contributed by atoms with van der Waals surface area (Å²) >= 11 is 0. The lowest BCUT2D eigenvalue weighted by atomic mass is 9.87. The number of benzene rings is 1. The van der Waals surface area contributed by atoms with Crippen LogP contribution < -0.4 is 16.4 Å². The predicted molar refractivity (Wildman–Crippen MR) is 159 cm³/mol. The number of amides is 2. The minimum atomic E-state index is -0.910. The van der Waals surface area contributed by atoms with E-state index in [0.717, 1.165) is 0 Å². The zero-order valence-corrected chi connectivity index (χ0v) is 25.4. The van der Waals surface area contributed by atoms with Gasteiger partial charge in [-0.15, -0.1) is 0 Å². The Balaban J connectivity index is 2.67. The molecular weight excluding hydrogens is 542 g/mol. The largest absolute Gasteiger partial charge is 0.511 e. The third kappa shape index (κ3) is 9.27. The molecule has 0 spiro atoms. The summed E-state index contributed by atoms with van der Waals surface area (Å²) in [5.74, 6) is -1.23. The molecule has 0 radical (unpaired) electrons. The molecule has 42 heavy (non-hydrogen) atoms. The molecule has 1 aromatic rings. The van der Waals surface area contributed by atoms with Crippen LogP contribution in [0.2, 0.25) is 0 Å². The Bertz CT molecular complexity index is 1210. The zero-order chi connectivity index (χ0) is 31.6. The van der Waals surface area contributed by atoms with Crippen LogP contribution in [0, 0.1) is 11.8 Å². The van der Waals surface area contributed by atoms with Crippen LogP contribution >= 0.6 is 0 Å². The number of carbonyl (C=O) groups excluding carboxylic acids is 2. The van der Waals surface area contributed by atoms with Gasteiger partial charge in [-0.2, -0.15) is 4.79 Å². The van der Waals surface area contributed by atoms with E-state index in [0.29, 0.717) is 41.8 Å². The highest BCUT2D eigenvalue weighted by Gasteiger charge is 2.31. The maximum absolute atomic E-state index is 13.0. The molecule has 0 aliphatic carbocycles. The monoisotopic (exact) mass is 589 g/mol. The Hall–Kier alpha value is -3.48. The number of hydrogen-bond donors (Lipinski definition) is 6. The van der Waals surface area contributed by atoms with Crippen LogP contribution in [-0.2, 0) is 25.4 Å². The lowest BCUT2D eigenvalue weighted by Crippen LogP contribution is -2.78. The molecule has 6 atom stereocenters. The van der Waals surface area contributed by atoms with Gasteiger partial charge in [0.1, 0.15) is 11.9 Å². The van der Waals surface area contributed by atoms with Gasteiger partial charge in [-0.05, 0) is 44.3 Å². The van der Waals surface area contributed by atoms with E-state index >= 15 is 0 Å². The minimum absolute atomic E-state index is 0.0686. The highest BCUT2D eigenvalue weighted by molar-refractivity contribution is 6.04. The summed E-state index contributed by atoms with van der Waals surface area (Å²) in [4.78, 5) is 24.9. The number of anilines is 1. The smallest absolute Gasteiger partial charge is 0.505 e. The summed E-state index contributed by atoms with van der Waals surface area (Å²) < 4.78 is 16.8. The highest BCUT2D eigenvalue weighted by Crippen LogP contribution is 2.40.